The number of hydrogen-bond donors (Lipinski definition) is 1. The second-order valence-electron chi connectivity index (χ2n) is 5.67. The molecular formula is C13H18N2O4. The highest BCUT2D eigenvalue weighted by molar-refractivity contribution is 5.66. The fourth-order valence-corrected chi connectivity index (χ4v) is 3.08. The third-order valence-corrected chi connectivity index (χ3v) is 3.97. The van der Waals surface area contributed by atoms with Gasteiger partial charge >= 0.3 is 5.97 Å². The lowest BCUT2D eigenvalue weighted by molar-refractivity contribution is -0.137. The van der Waals surface area contributed by atoms with Gasteiger partial charge in [-0.2, -0.15) is 4.98 Å². The molecule has 6 heteroatoms. The molecule has 2 aliphatic rings. The van der Waals surface area contributed by atoms with Crippen LogP contribution in [0.4, 0.5) is 0 Å². The first kappa shape index (κ1) is 12.6. The van der Waals surface area contributed by atoms with E-state index in [0.29, 0.717) is 18.4 Å². The maximum Gasteiger partial charge on any atom is 0.303 e. The Morgan fingerprint density at radius 2 is 2.37 bits per heavy atom. The highest BCUT2D eigenvalue weighted by Gasteiger charge is 2.43. The highest BCUT2D eigenvalue weighted by Crippen LogP contribution is 2.43. The molecule has 2 saturated heterocycles. The van der Waals surface area contributed by atoms with Crippen LogP contribution in [0.25, 0.3) is 0 Å². The fourth-order valence-electron chi connectivity index (χ4n) is 3.08. The zero-order valence-electron chi connectivity index (χ0n) is 10.9. The molecule has 0 aliphatic carbocycles. The first-order valence-corrected chi connectivity index (χ1v) is 6.81. The van der Waals surface area contributed by atoms with Gasteiger partial charge in [-0.05, 0) is 25.2 Å². The van der Waals surface area contributed by atoms with Crippen molar-refractivity contribution in [3.05, 3.63) is 11.7 Å². The van der Waals surface area contributed by atoms with E-state index in [-0.39, 0.29) is 24.4 Å². The molecule has 2 bridgehead atoms. The van der Waals surface area contributed by atoms with E-state index in [0.717, 1.165) is 25.1 Å². The zero-order chi connectivity index (χ0) is 13.4. The minimum absolute atomic E-state index is 0.00193. The minimum Gasteiger partial charge on any atom is -0.481 e. The molecule has 2 aliphatic heterocycles. The summed E-state index contributed by atoms with van der Waals surface area (Å²) in [6.07, 6.45) is 4.44. The van der Waals surface area contributed by atoms with Crippen LogP contribution in [0.5, 0.6) is 0 Å². The Bertz CT molecular complexity index is 473. The monoisotopic (exact) mass is 266 g/mol. The molecule has 4 unspecified atom stereocenters. The van der Waals surface area contributed by atoms with E-state index in [9.17, 15) is 4.79 Å². The molecule has 104 valence electrons. The lowest BCUT2D eigenvalue weighted by Crippen LogP contribution is -2.15. The fraction of sp³-hybridized carbons (Fsp3) is 0.769. The van der Waals surface area contributed by atoms with Crippen molar-refractivity contribution in [1.29, 1.82) is 0 Å². The number of nitrogens with zero attached hydrogens (tertiary/aromatic N) is 2. The van der Waals surface area contributed by atoms with Gasteiger partial charge in [0, 0.05) is 12.8 Å². The van der Waals surface area contributed by atoms with Crippen LogP contribution in [-0.4, -0.2) is 33.4 Å². The number of fused-ring (bicyclic) bond motifs is 2. The van der Waals surface area contributed by atoms with Gasteiger partial charge in [-0.15, -0.1) is 0 Å². The predicted octanol–water partition coefficient (Wildman–Crippen LogP) is 1.76. The number of aromatic nitrogens is 2. The third kappa shape index (κ3) is 2.63. The smallest absolute Gasteiger partial charge is 0.303 e. The van der Waals surface area contributed by atoms with Gasteiger partial charge in [0.15, 0.2) is 5.82 Å². The molecule has 1 aromatic rings. The summed E-state index contributed by atoms with van der Waals surface area (Å²) < 4.78 is 11.0. The van der Waals surface area contributed by atoms with Crippen molar-refractivity contribution in [1.82, 2.24) is 10.1 Å². The minimum atomic E-state index is -0.797. The Hall–Kier alpha value is -1.43. The van der Waals surface area contributed by atoms with Gasteiger partial charge < -0.3 is 14.4 Å². The van der Waals surface area contributed by atoms with Crippen LogP contribution >= 0.6 is 0 Å². The molecule has 3 heterocycles. The molecule has 1 aromatic heterocycles. The third-order valence-electron chi connectivity index (χ3n) is 3.97. The van der Waals surface area contributed by atoms with Crippen LogP contribution in [-0.2, 0) is 16.0 Å². The quantitative estimate of drug-likeness (QED) is 0.874. The van der Waals surface area contributed by atoms with Gasteiger partial charge in [-0.3, -0.25) is 4.79 Å². The molecule has 0 spiro atoms. The number of carboxylic acid groups (broad SMARTS) is 1. The van der Waals surface area contributed by atoms with Crippen LogP contribution in [0.1, 0.15) is 50.2 Å². The van der Waals surface area contributed by atoms with E-state index in [2.05, 4.69) is 10.1 Å². The molecule has 1 N–H and O–H groups in total. The molecule has 4 atom stereocenters. The van der Waals surface area contributed by atoms with Gasteiger partial charge in [-0.1, -0.05) is 12.1 Å². The van der Waals surface area contributed by atoms with E-state index >= 15 is 0 Å². The maximum absolute atomic E-state index is 10.6. The molecule has 19 heavy (non-hydrogen) atoms. The Labute approximate surface area is 111 Å². The van der Waals surface area contributed by atoms with Crippen molar-refractivity contribution in [3.8, 4) is 0 Å². The highest BCUT2D eigenvalue weighted by atomic mass is 16.5. The molecule has 2 fully saturated rings. The van der Waals surface area contributed by atoms with Crippen molar-refractivity contribution in [3.63, 3.8) is 0 Å². The van der Waals surface area contributed by atoms with Crippen molar-refractivity contribution in [2.45, 2.75) is 57.2 Å². The largest absolute Gasteiger partial charge is 0.481 e. The summed E-state index contributed by atoms with van der Waals surface area (Å²) in [4.78, 5) is 15.0. The molecule has 6 nitrogen and oxygen atoms in total. The average molecular weight is 266 g/mol. The van der Waals surface area contributed by atoms with E-state index in [4.69, 9.17) is 14.4 Å². The van der Waals surface area contributed by atoms with Crippen LogP contribution in [0.2, 0.25) is 0 Å². The Kier molecular flexibility index (Phi) is 3.26. The second-order valence-corrected chi connectivity index (χ2v) is 5.67. The lowest BCUT2D eigenvalue weighted by atomic mass is 9.89. The summed E-state index contributed by atoms with van der Waals surface area (Å²) in [6.45, 7) is 1.87. The van der Waals surface area contributed by atoms with Gasteiger partial charge in [0.25, 0.3) is 0 Å². The van der Waals surface area contributed by atoms with Crippen LogP contribution in [0, 0.1) is 5.92 Å². The van der Waals surface area contributed by atoms with Gasteiger partial charge in [-0.25, -0.2) is 0 Å². The van der Waals surface area contributed by atoms with Crippen molar-refractivity contribution in [2.75, 3.05) is 0 Å². The number of rotatable bonds is 5. The SMILES string of the molecule is CC(CC(=O)O)Cc1nc(C2CC3CCC2O3)no1. The maximum atomic E-state index is 10.6. The van der Waals surface area contributed by atoms with E-state index in [1.165, 1.54) is 0 Å². The number of ether oxygens (including phenoxy) is 1. The van der Waals surface area contributed by atoms with E-state index in [1.54, 1.807) is 0 Å². The number of hydrogen-bond acceptors (Lipinski definition) is 5. The van der Waals surface area contributed by atoms with Gasteiger partial charge in [0.2, 0.25) is 5.89 Å². The summed E-state index contributed by atoms with van der Waals surface area (Å²) in [5, 5.41) is 12.8. The summed E-state index contributed by atoms with van der Waals surface area (Å²) in [7, 11) is 0. The van der Waals surface area contributed by atoms with Crippen molar-refractivity contribution < 1.29 is 19.2 Å². The zero-order valence-corrected chi connectivity index (χ0v) is 10.9. The number of aliphatic carboxylic acids is 1. The summed E-state index contributed by atoms with van der Waals surface area (Å²) >= 11 is 0. The summed E-state index contributed by atoms with van der Waals surface area (Å²) in [5.41, 5.74) is 0. The first-order chi connectivity index (χ1) is 9.11. The predicted molar refractivity (Wildman–Crippen MR) is 64.7 cm³/mol. The average Bonchev–Trinajstić information content (AvgIpc) is 3.01. The Balaban J connectivity index is 1.62. The standard InChI is InChI=1S/C13H18N2O4/c1-7(5-12(16)17)4-11-14-13(15-19-11)9-6-8-2-3-10(9)18-8/h7-10H,2-6H2,1H3,(H,16,17). The first-order valence-electron chi connectivity index (χ1n) is 6.81. The van der Waals surface area contributed by atoms with Gasteiger partial charge in [0.1, 0.15) is 0 Å². The normalized spacial score (nSPS) is 30.7. The van der Waals surface area contributed by atoms with E-state index in [1.807, 2.05) is 6.92 Å². The summed E-state index contributed by atoms with van der Waals surface area (Å²) in [6, 6.07) is 0. The number of carbonyl (C=O) groups is 1. The lowest BCUT2D eigenvalue weighted by Gasteiger charge is -2.13. The Morgan fingerprint density at radius 3 is 3.00 bits per heavy atom. The molecule has 0 radical (unpaired) electrons. The van der Waals surface area contributed by atoms with E-state index < -0.39 is 5.97 Å². The second kappa shape index (κ2) is 4.92. The number of carboxylic acids is 1. The molecule has 0 amide bonds. The topological polar surface area (TPSA) is 85.5 Å². The van der Waals surface area contributed by atoms with Crippen LogP contribution in [0.15, 0.2) is 4.52 Å². The summed E-state index contributed by atoms with van der Waals surface area (Å²) in [5.74, 6) is 0.720. The van der Waals surface area contributed by atoms with Crippen LogP contribution < -0.4 is 0 Å². The molecule has 0 saturated carbocycles. The van der Waals surface area contributed by atoms with Gasteiger partial charge in [0.05, 0.1) is 18.1 Å². The molecular weight excluding hydrogens is 248 g/mol. The van der Waals surface area contributed by atoms with Crippen LogP contribution in [0.3, 0.4) is 0 Å². The molecule has 3 rings (SSSR count). The molecule has 0 aromatic carbocycles. The van der Waals surface area contributed by atoms with Crippen molar-refractivity contribution in [2.24, 2.45) is 5.92 Å². The van der Waals surface area contributed by atoms with Crippen molar-refractivity contribution >= 4 is 5.97 Å². The Morgan fingerprint density at radius 1 is 1.53 bits per heavy atom.